The molecule has 3 atom stereocenters. The van der Waals surface area contributed by atoms with Crippen LogP contribution in [-0.2, 0) is 9.53 Å². The molecule has 2 aromatic carbocycles. The van der Waals surface area contributed by atoms with Crippen molar-refractivity contribution in [2.24, 2.45) is 5.92 Å². The van der Waals surface area contributed by atoms with Gasteiger partial charge in [-0.3, -0.25) is 9.59 Å². The molecule has 1 N–H and O–H groups in total. The SMILES string of the molecule is CCCCCCCOc1ccc(C(=O)N[C@@H]2C=C[C@@H]([C@@H](C(=O)OCC)c3cc(OC)ccc3OC)C2)cc1. The van der Waals surface area contributed by atoms with Gasteiger partial charge in [-0.1, -0.05) is 44.8 Å². The summed E-state index contributed by atoms with van der Waals surface area (Å²) in [7, 11) is 3.16. The summed E-state index contributed by atoms with van der Waals surface area (Å²) in [5, 5.41) is 3.07. The van der Waals surface area contributed by atoms with Crippen molar-refractivity contribution >= 4 is 11.9 Å². The number of benzene rings is 2. The van der Waals surface area contributed by atoms with E-state index in [0.29, 0.717) is 35.7 Å². The first-order valence-corrected chi connectivity index (χ1v) is 13.6. The first kappa shape index (κ1) is 29.1. The number of hydrogen-bond donors (Lipinski definition) is 1. The zero-order chi connectivity index (χ0) is 27.3. The molecule has 1 amide bonds. The molecule has 1 aliphatic rings. The molecule has 38 heavy (non-hydrogen) atoms. The summed E-state index contributed by atoms with van der Waals surface area (Å²) in [6, 6.07) is 12.4. The summed E-state index contributed by atoms with van der Waals surface area (Å²) in [6.07, 6.45) is 10.4. The molecule has 0 heterocycles. The van der Waals surface area contributed by atoms with Crippen LogP contribution in [0.4, 0.5) is 0 Å². The Balaban J connectivity index is 1.61. The molecular weight excluding hydrogens is 482 g/mol. The van der Waals surface area contributed by atoms with Crippen molar-refractivity contribution in [2.45, 2.75) is 64.3 Å². The van der Waals surface area contributed by atoms with Crippen LogP contribution < -0.4 is 19.5 Å². The number of amides is 1. The monoisotopic (exact) mass is 523 g/mol. The number of carbonyl (C=O) groups is 2. The zero-order valence-electron chi connectivity index (χ0n) is 23.0. The molecule has 0 radical (unpaired) electrons. The molecule has 1 aliphatic carbocycles. The van der Waals surface area contributed by atoms with Gasteiger partial charge in [0.15, 0.2) is 0 Å². The quantitative estimate of drug-likeness (QED) is 0.173. The largest absolute Gasteiger partial charge is 0.497 e. The van der Waals surface area contributed by atoms with Gasteiger partial charge in [0.2, 0.25) is 0 Å². The van der Waals surface area contributed by atoms with E-state index in [-0.39, 0.29) is 30.4 Å². The zero-order valence-corrected chi connectivity index (χ0v) is 23.0. The summed E-state index contributed by atoms with van der Waals surface area (Å²) in [6.45, 7) is 4.95. The van der Waals surface area contributed by atoms with Gasteiger partial charge >= 0.3 is 5.97 Å². The Bertz CT molecular complexity index is 1060. The van der Waals surface area contributed by atoms with Gasteiger partial charge < -0.3 is 24.3 Å². The molecule has 0 fully saturated rings. The Morgan fingerprint density at radius 2 is 1.66 bits per heavy atom. The second-order valence-corrected chi connectivity index (χ2v) is 9.49. The molecule has 0 aliphatic heterocycles. The first-order valence-electron chi connectivity index (χ1n) is 13.6. The second kappa shape index (κ2) is 15.1. The van der Waals surface area contributed by atoms with Crippen LogP contribution in [0.25, 0.3) is 0 Å². The fourth-order valence-electron chi connectivity index (χ4n) is 4.78. The van der Waals surface area contributed by atoms with Crippen LogP contribution in [0.5, 0.6) is 17.2 Å². The van der Waals surface area contributed by atoms with Crippen LogP contribution in [0.2, 0.25) is 0 Å². The minimum Gasteiger partial charge on any atom is -0.497 e. The third kappa shape index (κ3) is 8.01. The first-order chi connectivity index (χ1) is 18.5. The van der Waals surface area contributed by atoms with Gasteiger partial charge in [0.1, 0.15) is 17.2 Å². The molecule has 0 spiro atoms. The third-order valence-corrected chi connectivity index (χ3v) is 6.81. The predicted molar refractivity (Wildman–Crippen MR) is 148 cm³/mol. The topological polar surface area (TPSA) is 83.1 Å². The molecule has 0 saturated heterocycles. The van der Waals surface area contributed by atoms with Crippen LogP contribution in [0, 0.1) is 5.92 Å². The van der Waals surface area contributed by atoms with Gasteiger partial charge in [0.05, 0.1) is 33.4 Å². The van der Waals surface area contributed by atoms with Gasteiger partial charge in [-0.05, 0) is 68.1 Å². The molecule has 0 aromatic heterocycles. The number of carbonyl (C=O) groups excluding carboxylic acids is 2. The molecule has 0 unspecified atom stereocenters. The van der Waals surface area contributed by atoms with E-state index in [9.17, 15) is 9.59 Å². The maximum Gasteiger partial charge on any atom is 0.314 e. The van der Waals surface area contributed by atoms with E-state index in [0.717, 1.165) is 12.2 Å². The second-order valence-electron chi connectivity index (χ2n) is 9.49. The Hall–Kier alpha value is -3.48. The minimum absolute atomic E-state index is 0.168. The van der Waals surface area contributed by atoms with E-state index in [4.69, 9.17) is 18.9 Å². The average Bonchev–Trinajstić information content (AvgIpc) is 3.38. The Kier molecular flexibility index (Phi) is 11.5. The smallest absolute Gasteiger partial charge is 0.314 e. The van der Waals surface area contributed by atoms with Gasteiger partial charge in [-0.2, -0.15) is 0 Å². The maximum atomic E-state index is 13.1. The van der Waals surface area contributed by atoms with Crippen molar-refractivity contribution in [2.75, 3.05) is 27.4 Å². The lowest BCUT2D eigenvalue weighted by Crippen LogP contribution is -2.33. The standard InChI is InChI=1S/C31H41NO6/c1-5-7-8-9-10-19-38-25-15-12-22(13-16-25)30(33)32-24-14-11-23(20-24)29(31(34)37-6-2)27-21-26(35-3)17-18-28(27)36-4/h11-18,21,23-24,29H,5-10,19-20H2,1-4H3,(H,32,33)/t23-,24-,29-/m1/s1. The number of unbranched alkanes of at least 4 members (excludes halogenated alkanes) is 4. The van der Waals surface area contributed by atoms with Crippen molar-refractivity contribution in [1.82, 2.24) is 5.32 Å². The van der Waals surface area contributed by atoms with E-state index < -0.39 is 5.92 Å². The van der Waals surface area contributed by atoms with Crippen molar-refractivity contribution in [3.63, 3.8) is 0 Å². The van der Waals surface area contributed by atoms with Crippen molar-refractivity contribution in [1.29, 1.82) is 0 Å². The predicted octanol–water partition coefficient (Wildman–Crippen LogP) is 6.07. The number of rotatable bonds is 15. The number of allylic oxidation sites excluding steroid dienone is 1. The third-order valence-electron chi connectivity index (χ3n) is 6.81. The van der Waals surface area contributed by atoms with Crippen molar-refractivity contribution in [3.05, 3.63) is 65.7 Å². The molecule has 206 valence electrons. The highest BCUT2D eigenvalue weighted by atomic mass is 16.5. The summed E-state index contributed by atoms with van der Waals surface area (Å²) in [5.41, 5.74) is 1.27. The van der Waals surface area contributed by atoms with Crippen LogP contribution in [0.3, 0.4) is 0 Å². The number of hydrogen-bond acceptors (Lipinski definition) is 6. The fraction of sp³-hybridized carbons (Fsp3) is 0.484. The molecular formula is C31H41NO6. The number of ether oxygens (including phenoxy) is 4. The van der Waals surface area contributed by atoms with Gasteiger partial charge in [0.25, 0.3) is 5.91 Å². The lowest BCUT2D eigenvalue weighted by molar-refractivity contribution is -0.146. The lowest BCUT2D eigenvalue weighted by Gasteiger charge is -2.24. The Morgan fingerprint density at radius 3 is 2.34 bits per heavy atom. The van der Waals surface area contributed by atoms with Gasteiger partial charge in [-0.25, -0.2) is 0 Å². The Morgan fingerprint density at radius 1 is 0.921 bits per heavy atom. The van der Waals surface area contributed by atoms with Crippen molar-refractivity contribution < 1.29 is 28.5 Å². The van der Waals surface area contributed by atoms with Crippen LogP contribution in [0.15, 0.2) is 54.6 Å². The van der Waals surface area contributed by atoms with Crippen molar-refractivity contribution in [3.8, 4) is 17.2 Å². The highest BCUT2D eigenvalue weighted by Gasteiger charge is 2.36. The summed E-state index contributed by atoms with van der Waals surface area (Å²) >= 11 is 0. The average molecular weight is 524 g/mol. The normalized spacial score (nSPS) is 17.1. The lowest BCUT2D eigenvalue weighted by atomic mass is 9.84. The maximum absolute atomic E-state index is 13.1. The molecule has 2 aromatic rings. The number of nitrogens with one attached hydrogen (secondary N) is 1. The van der Waals surface area contributed by atoms with Crippen LogP contribution in [-0.4, -0.2) is 45.4 Å². The highest BCUT2D eigenvalue weighted by Crippen LogP contribution is 2.40. The molecule has 7 heteroatoms. The number of esters is 1. The molecule has 7 nitrogen and oxygen atoms in total. The molecule has 0 saturated carbocycles. The van der Waals surface area contributed by atoms with E-state index in [1.54, 1.807) is 45.4 Å². The van der Waals surface area contributed by atoms with E-state index in [1.165, 1.54) is 25.7 Å². The minimum atomic E-state index is -0.587. The number of methoxy groups -OCH3 is 2. The Labute approximate surface area is 226 Å². The van der Waals surface area contributed by atoms with Gasteiger partial charge in [-0.15, -0.1) is 0 Å². The molecule has 0 bridgehead atoms. The summed E-state index contributed by atoms with van der Waals surface area (Å²) in [5.74, 6) is 0.728. The highest BCUT2D eigenvalue weighted by molar-refractivity contribution is 5.94. The summed E-state index contributed by atoms with van der Waals surface area (Å²) in [4.78, 5) is 26.0. The molecule has 3 rings (SSSR count). The fourth-order valence-corrected chi connectivity index (χ4v) is 4.78. The van der Waals surface area contributed by atoms with E-state index >= 15 is 0 Å². The van der Waals surface area contributed by atoms with E-state index in [1.807, 2.05) is 30.4 Å². The summed E-state index contributed by atoms with van der Waals surface area (Å²) < 4.78 is 22.2. The van der Waals surface area contributed by atoms with E-state index in [2.05, 4.69) is 12.2 Å². The van der Waals surface area contributed by atoms with Crippen LogP contribution in [0.1, 0.15) is 74.2 Å². The van der Waals surface area contributed by atoms with Crippen LogP contribution >= 0.6 is 0 Å². The van der Waals surface area contributed by atoms with Gasteiger partial charge in [0, 0.05) is 17.2 Å².